The van der Waals surface area contributed by atoms with Gasteiger partial charge >= 0.3 is 0 Å². The molecule has 3 heterocycles. The Hall–Kier alpha value is -1.40. The molecule has 2 saturated heterocycles. The summed E-state index contributed by atoms with van der Waals surface area (Å²) >= 11 is 0. The minimum Gasteiger partial charge on any atom is -0.348 e. The monoisotopic (exact) mass is 291 g/mol. The van der Waals surface area contributed by atoms with E-state index in [4.69, 9.17) is 0 Å². The van der Waals surface area contributed by atoms with Crippen LogP contribution in [0.15, 0.2) is 12.4 Å². The van der Waals surface area contributed by atoms with Gasteiger partial charge in [-0.3, -0.25) is 19.3 Å². The predicted molar refractivity (Wildman–Crippen MR) is 80.7 cm³/mol. The van der Waals surface area contributed by atoms with Gasteiger partial charge in [0, 0.05) is 64.6 Å². The molecule has 6 heteroatoms. The van der Waals surface area contributed by atoms with Crippen LogP contribution in [0, 0.1) is 0 Å². The van der Waals surface area contributed by atoms with Gasteiger partial charge in [0.25, 0.3) is 0 Å². The van der Waals surface area contributed by atoms with E-state index >= 15 is 0 Å². The number of nitrogens with zero attached hydrogens (tertiary/aromatic N) is 5. The zero-order valence-electron chi connectivity index (χ0n) is 13.2. The van der Waals surface area contributed by atoms with Gasteiger partial charge in [-0.15, -0.1) is 0 Å². The molecule has 0 saturated carbocycles. The number of likely N-dealkylation sites (tertiary alicyclic amines) is 2. The first kappa shape index (κ1) is 14.5. The quantitative estimate of drug-likeness (QED) is 0.792. The van der Waals surface area contributed by atoms with Crippen LogP contribution in [-0.4, -0.2) is 76.2 Å². The lowest BCUT2D eigenvalue weighted by molar-refractivity contribution is -0.130. The molecule has 2 atom stereocenters. The van der Waals surface area contributed by atoms with Crippen molar-refractivity contribution in [1.82, 2.24) is 24.5 Å². The molecule has 0 N–H and O–H groups in total. The third-order valence-corrected chi connectivity index (χ3v) is 4.79. The zero-order valence-corrected chi connectivity index (χ0v) is 13.2. The standard InChI is InChI=1S/C15H25N5O/c1-17(2)15(21)11-20-7-5-13-14(20)4-6-19(13)10-12-8-16-18(3)9-12/h8-9,13-14H,4-7,10-11H2,1-3H3/t13-,14+/m1/s1. The van der Waals surface area contributed by atoms with Crippen molar-refractivity contribution in [3.63, 3.8) is 0 Å². The normalized spacial score (nSPS) is 26.2. The number of fused-ring (bicyclic) bond motifs is 1. The number of amides is 1. The fraction of sp³-hybridized carbons (Fsp3) is 0.733. The van der Waals surface area contributed by atoms with Gasteiger partial charge < -0.3 is 4.90 Å². The second-order valence-corrected chi connectivity index (χ2v) is 6.46. The molecule has 2 aliphatic heterocycles. The number of aromatic nitrogens is 2. The summed E-state index contributed by atoms with van der Waals surface area (Å²) in [5, 5.41) is 4.25. The Morgan fingerprint density at radius 3 is 2.57 bits per heavy atom. The van der Waals surface area contributed by atoms with Crippen LogP contribution in [0.3, 0.4) is 0 Å². The van der Waals surface area contributed by atoms with Gasteiger partial charge in [0.05, 0.1) is 12.7 Å². The lowest BCUT2D eigenvalue weighted by Gasteiger charge is -2.25. The van der Waals surface area contributed by atoms with Crippen LogP contribution in [0.25, 0.3) is 0 Å². The summed E-state index contributed by atoms with van der Waals surface area (Å²) in [5.74, 6) is 0.210. The van der Waals surface area contributed by atoms with E-state index in [1.807, 2.05) is 32.0 Å². The van der Waals surface area contributed by atoms with Crippen LogP contribution in [0.5, 0.6) is 0 Å². The molecule has 3 rings (SSSR count). The maximum Gasteiger partial charge on any atom is 0.236 e. The number of hydrogen-bond donors (Lipinski definition) is 0. The van der Waals surface area contributed by atoms with E-state index < -0.39 is 0 Å². The molecule has 0 aromatic carbocycles. The van der Waals surface area contributed by atoms with Crippen LogP contribution < -0.4 is 0 Å². The average molecular weight is 291 g/mol. The van der Waals surface area contributed by atoms with Gasteiger partial charge in [0.1, 0.15) is 0 Å². The van der Waals surface area contributed by atoms with E-state index in [2.05, 4.69) is 21.1 Å². The molecule has 0 radical (unpaired) electrons. The maximum absolute atomic E-state index is 11.9. The Balaban J connectivity index is 1.60. The summed E-state index contributed by atoms with van der Waals surface area (Å²) in [6, 6.07) is 1.14. The molecule has 1 amide bonds. The fourth-order valence-electron chi connectivity index (χ4n) is 3.66. The number of likely N-dealkylation sites (N-methyl/N-ethyl adjacent to an activating group) is 1. The van der Waals surface area contributed by atoms with E-state index in [1.54, 1.807) is 4.90 Å². The minimum absolute atomic E-state index is 0.210. The number of aryl methyl sites for hydroxylation is 1. The fourth-order valence-corrected chi connectivity index (χ4v) is 3.66. The lowest BCUT2D eigenvalue weighted by atomic mass is 10.1. The van der Waals surface area contributed by atoms with Gasteiger partial charge in [0.15, 0.2) is 0 Å². The molecular weight excluding hydrogens is 266 g/mol. The minimum atomic E-state index is 0.210. The maximum atomic E-state index is 11.9. The lowest BCUT2D eigenvalue weighted by Crippen LogP contribution is -2.41. The van der Waals surface area contributed by atoms with E-state index in [1.165, 1.54) is 18.4 Å². The van der Waals surface area contributed by atoms with Crippen molar-refractivity contribution in [2.24, 2.45) is 7.05 Å². The summed E-state index contributed by atoms with van der Waals surface area (Å²) in [6.45, 7) is 3.70. The molecule has 2 fully saturated rings. The first-order valence-electron chi connectivity index (χ1n) is 7.70. The second kappa shape index (κ2) is 5.77. The molecule has 0 spiro atoms. The number of hydrogen-bond acceptors (Lipinski definition) is 4. The van der Waals surface area contributed by atoms with E-state index in [0.717, 1.165) is 19.6 Å². The Labute approximate surface area is 126 Å². The van der Waals surface area contributed by atoms with E-state index in [0.29, 0.717) is 18.6 Å². The van der Waals surface area contributed by atoms with Gasteiger partial charge in [-0.2, -0.15) is 5.10 Å². The molecule has 6 nitrogen and oxygen atoms in total. The summed E-state index contributed by atoms with van der Waals surface area (Å²) in [4.78, 5) is 18.5. The molecule has 0 unspecified atom stereocenters. The van der Waals surface area contributed by atoms with Crippen molar-refractivity contribution in [2.45, 2.75) is 31.5 Å². The third kappa shape index (κ3) is 2.96. The topological polar surface area (TPSA) is 44.6 Å². The van der Waals surface area contributed by atoms with Crippen molar-refractivity contribution in [2.75, 3.05) is 33.7 Å². The van der Waals surface area contributed by atoms with Crippen LogP contribution in [0.1, 0.15) is 18.4 Å². The molecule has 21 heavy (non-hydrogen) atoms. The second-order valence-electron chi connectivity index (χ2n) is 6.46. The smallest absolute Gasteiger partial charge is 0.236 e. The average Bonchev–Trinajstić information content (AvgIpc) is 3.10. The highest BCUT2D eigenvalue weighted by Gasteiger charge is 2.42. The van der Waals surface area contributed by atoms with Crippen molar-refractivity contribution in [1.29, 1.82) is 0 Å². The van der Waals surface area contributed by atoms with Crippen molar-refractivity contribution < 1.29 is 4.79 Å². The Morgan fingerprint density at radius 1 is 1.29 bits per heavy atom. The molecule has 1 aromatic heterocycles. The highest BCUT2D eigenvalue weighted by Crippen LogP contribution is 2.32. The van der Waals surface area contributed by atoms with Crippen molar-refractivity contribution in [3.05, 3.63) is 18.0 Å². The van der Waals surface area contributed by atoms with Crippen LogP contribution in [-0.2, 0) is 18.4 Å². The number of rotatable bonds is 4. The Morgan fingerprint density at radius 2 is 1.95 bits per heavy atom. The highest BCUT2D eigenvalue weighted by molar-refractivity contribution is 5.77. The van der Waals surface area contributed by atoms with Crippen LogP contribution >= 0.6 is 0 Å². The zero-order chi connectivity index (χ0) is 15.0. The molecule has 116 valence electrons. The predicted octanol–water partition coefficient (Wildman–Crippen LogP) is 0.157. The van der Waals surface area contributed by atoms with Crippen LogP contribution in [0.4, 0.5) is 0 Å². The summed E-state index contributed by atoms with van der Waals surface area (Å²) in [6.07, 6.45) is 6.39. The first-order valence-corrected chi connectivity index (χ1v) is 7.70. The third-order valence-electron chi connectivity index (χ3n) is 4.79. The van der Waals surface area contributed by atoms with Crippen LogP contribution in [0.2, 0.25) is 0 Å². The van der Waals surface area contributed by atoms with Gasteiger partial charge in [-0.05, 0) is 12.8 Å². The molecule has 0 bridgehead atoms. The van der Waals surface area contributed by atoms with Gasteiger partial charge in [-0.1, -0.05) is 0 Å². The molecule has 2 aliphatic rings. The number of carbonyl (C=O) groups excluding carboxylic acids is 1. The summed E-state index contributed by atoms with van der Waals surface area (Å²) in [5.41, 5.74) is 1.28. The SMILES string of the molecule is CN(C)C(=O)CN1CC[C@@H]2[C@@H]1CCN2Cc1cnn(C)c1. The van der Waals surface area contributed by atoms with Crippen molar-refractivity contribution >= 4 is 5.91 Å². The first-order chi connectivity index (χ1) is 10.0. The Kier molecular flexibility index (Phi) is 3.99. The largest absolute Gasteiger partial charge is 0.348 e. The van der Waals surface area contributed by atoms with Gasteiger partial charge in [0.2, 0.25) is 5.91 Å². The van der Waals surface area contributed by atoms with E-state index in [9.17, 15) is 4.79 Å². The van der Waals surface area contributed by atoms with Gasteiger partial charge in [-0.25, -0.2) is 0 Å². The highest BCUT2D eigenvalue weighted by atomic mass is 16.2. The Bertz CT molecular complexity index is 512. The molecular formula is C15H25N5O. The number of carbonyl (C=O) groups is 1. The van der Waals surface area contributed by atoms with Crippen molar-refractivity contribution in [3.8, 4) is 0 Å². The summed E-state index contributed by atoms with van der Waals surface area (Å²) < 4.78 is 1.86. The summed E-state index contributed by atoms with van der Waals surface area (Å²) in [7, 11) is 5.62. The molecule has 0 aliphatic carbocycles. The molecule has 1 aromatic rings. The van der Waals surface area contributed by atoms with E-state index in [-0.39, 0.29) is 5.91 Å².